The number of fused-ring (bicyclic) bond motifs is 1. The summed E-state index contributed by atoms with van der Waals surface area (Å²) in [5.41, 5.74) is 3.31. The quantitative estimate of drug-likeness (QED) is 0.569. The van der Waals surface area contributed by atoms with Crippen LogP contribution in [0.5, 0.6) is 5.75 Å². The van der Waals surface area contributed by atoms with Crippen LogP contribution in [0.1, 0.15) is 19.4 Å². The van der Waals surface area contributed by atoms with Crippen molar-refractivity contribution < 1.29 is 13.2 Å². The molecule has 1 aromatic heterocycles. The van der Waals surface area contributed by atoms with Gasteiger partial charge in [0.05, 0.1) is 30.0 Å². The molecule has 0 unspecified atom stereocenters. The minimum Gasteiger partial charge on any atom is -0.496 e. The van der Waals surface area contributed by atoms with Gasteiger partial charge >= 0.3 is 0 Å². The second-order valence-corrected chi connectivity index (χ2v) is 10.1. The number of imidazole rings is 1. The monoisotopic (exact) mass is 419 g/mol. The predicted octanol–water partition coefficient (Wildman–Crippen LogP) is 3.79. The van der Waals surface area contributed by atoms with Gasteiger partial charge in [0.15, 0.2) is 0 Å². The number of nitrogens with zero attached hydrogens (tertiary/aromatic N) is 1. The molecule has 0 radical (unpaired) electrons. The van der Waals surface area contributed by atoms with E-state index in [2.05, 4.69) is 9.71 Å². The van der Waals surface area contributed by atoms with Crippen molar-refractivity contribution in [3.63, 3.8) is 0 Å². The van der Waals surface area contributed by atoms with E-state index in [1.807, 2.05) is 56.5 Å². The van der Waals surface area contributed by atoms with Crippen molar-refractivity contribution in [2.45, 2.75) is 24.2 Å². The van der Waals surface area contributed by atoms with Gasteiger partial charge in [-0.3, -0.25) is 0 Å². The second kappa shape index (κ2) is 7.77. The molecule has 0 saturated carbocycles. The number of rotatable bonds is 7. The maximum Gasteiger partial charge on any atom is 0.208 e. The Morgan fingerprint density at radius 3 is 2.61 bits per heavy atom. The molecule has 2 N–H and O–H groups in total. The standard InChI is InChI=1S/C20H25N3O3S2/c1-20(2,12-21-28(5,24)25)13-6-9-16-17(10-13)23-19(22-16)15-8-7-14(27-4)11-18(15)26-3/h6-11,21H,12H2,1-5H3,(H,22,23). The normalized spacial score (nSPS) is 12.5. The lowest BCUT2D eigenvalue weighted by Gasteiger charge is -2.25. The number of aromatic nitrogens is 2. The van der Waals surface area contributed by atoms with Crippen LogP contribution in [-0.2, 0) is 15.4 Å². The molecule has 3 aromatic rings. The summed E-state index contributed by atoms with van der Waals surface area (Å²) < 4.78 is 31.0. The molecule has 6 nitrogen and oxygen atoms in total. The summed E-state index contributed by atoms with van der Waals surface area (Å²) in [5.74, 6) is 1.51. The molecule has 0 bridgehead atoms. The van der Waals surface area contributed by atoms with Crippen molar-refractivity contribution in [1.29, 1.82) is 0 Å². The first-order valence-corrected chi connectivity index (χ1v) is 11.9. The number of hydrogen-bond acceptors (Lipinski definition) is 5. The fourth-order valence-electron chi connectivity index (χ4n) is 2.97. The van der Waals surface area contributed by atoms with Crippen LogP contribution in [0.4, 0.5) is 0 Å². The van der Waals surface area contributed by atoms with Crippen molar-refractivity contribution in [3.8, 4) is 17.1 Å². The zero-order valence-corrected chi connectivity index (χ0v) is 18.3. The Morgan fingerprint density at radius 1 is 1.21 bits per heavy atom. The van der Waals surface area contributed by atoms with Crippen LogP contribution in [-0.4, -0.2) is 44.6 Å². The predicted molar refractivity (Wildman–Crippen MR) is 116 cm³/mol. The summed E-state index contributed by atoms with van der Waals surface area (Å²) >= 11 is 1.66. The Kier molecular flexibility index (Phi) is 5.74. The van der Waals surface area contributed by atoms with Gasteiger partial charge in [-0.1, -0.05) is 19.9 Å². The van der Waals surface area contributed by atoms with Gasteiger partial charge < -0.3 is 9.72 Å². The maximum absolute atomic E-state index is 11.4. The molecule has 3 rings (SSSR count). The highest BCUT2D eigenvalue weighted by atomic mass is 32.2. The molecule has 0 amide bonds. The SMILES string of the molecule is COc1cc(SC)ccc1-c1nc2ccc(C(C)(C)CNS(C)(=O)=O)cc2[nH]1. The minimum absolute atomic E-state index is 0.322. The van der Waals surface area contributed by atoms with E-state index < -0.39 is 10.0 Å². The zero-order valence-electron chi connectivity index (χ0n) is 16.7. The summed E-state index contributed by atoms with van der Waals surface area (Å²) in [6.07, 6.45) is 3.20. The molecule has 0 aliphatic rings. The smallest absolute Gasteiger partial charge is 0.208 e. The van der Waals surface area contributed by atoms with Gasteiger partial charge in [-0.05, 0) is 42.2 Å². The Labute approximate surface area is 170 Å². The third-order valence-electron chi connectivity index (χ3n) is 4.70. The largest absolute Gasteiger partial charge is 0.496 e. The molecule has 8 heteroatoms. The van der Waals surface area contributed by atoms with E-state index in [1.54, 1.807) is 18.9 Å². The first-order chi connectivity index (χ1) is 13.1. The van der Waals surface area contributed by atoms with Gasteiger partial charge in [-0.2, -0.15) is 0 Å². The van der Waals surface area contributed by atoms with Gasteiger partial charge in [0.25, 0.3) is 0 Å². The minimum atomic E-state index is -3.24. The van der Waals surface area contributed by atoms with Gasteiger partial charge in [0.2, 0.25) is 10.0 Å². The van der Waals surface area contributed by atoms with Crippen molar-refractivity contribution in [2.24, 2.45) is 0 Å². The Hall–Kier alpha value is -2.03. The van der Waals surface area contributed by atoms with E-state index in [4.69, 9.17) is 9.72 Å². The highest BCUT2D eigenvalue weighted by molar-refractivity contribution is 7.98. The Morgan fingerprint density at radius 2 is 1.96 bits per heavy atom. The van der Waals surface area contributed by atoms with Crippen LogP contribution >= 0.6 is 11.8 Å². The lowest BCUT2D eigenvalue weighted by Crippen LogP contribution is -2.36. The van der Waals surface area contributed by atoms with Crippen LogP contribution in [0.3, 0.4) is 0 Å². The fourth-order valence-corrected chi connectivity index (χ4v) is 4.02. The Balaban J connectivity index is 1.97. The van der Waals surface area contributed by atoms with E-state index in [0.717, 1.165) is 38.6 Å². The number of methoxy groups -OCH3 is 1. The average molecular weight is 420 g/mol. The van der Waals surface area contributed by atoms with Crippen LogP contribution in [0.25, 0.3) is 22.4 Å². The summed E-state index contributed by atoms with van der Waals surface area (Å²) in [5, 5.41) is 0. The molecule has 1 heterocycles. The molecule has 0 aliphatic heterocycles. The van der Waals surface area contributed by atoms with Gasteiger partial charge in [0.1, 0.15) is 11.6 Å². The van der Waals surface area contributed by atoms with E-state index in [1.165, 1.54) is 6.26 Å². The number of thioether (sulfide) groups is 1. The number of benzene rings is 2. The highest BCUT2D eigenvalue weighted by Crippen LogP contribution is 2.33. The van der Waals surface area contributed by atoms with E-state index >= 15 is 0 Å². The molecular weight excluding hydrogens is 394 g/mol. The average Bonchev–Trinajstić information content (AvgIpc) is 3.08. The first-order valence-electron chi connectivity index (χ1n) is 8.80. The number of hydrogen-bond donors (Lipinski definition) is 2. The lowest BCUT2D eigenvalue weighted by molar-refractivity contribution is 0.415. The zero-order chi connectivity index (χ0) is 20.5. The molecule has 28 heavy (non-hydrogen) atoms. The van der Waals surface area contributed by atoms with Crippen LogP contribution in [0, 0.1) is 0 Å². The molecule has 2 aromatic carbocycles. The van der Waals surface area contributed by atoms with E-state index in [0.29, 0.717) is 6.54 Å². The first kappa shape index (κ1) is 20.7. The number of ether oxygens (including phenoxy) is 1. The van der Waals surface area contributed by atoms with Gasteiger partial charge in [-0.15, -0.1) is 11.8 Å². The van der Waals surface area contributed by atoms with Crippen molar-refractivity contribution in [3.05, 3.63) is 42.0 Å². The summed E-state index contributed by atoms with van der Waals surface area (Å²) in [6.45, 7) is 4.34. The van der Waals surface area contributed by atoms with Gasteiger partial charge in [-0.25, -0.2) is 18.1 Å². The molecule has 0 spiro atoms. The summed E-state index contributed by atoms with van der Waals surface area (Å²) in [4.78, 5) is 9.20. The van der Waals surface area contributed by atoms with Gasteiger partial charge in [0, 0.05) is 16.9 Å². The van der Waals surface area contributed by atoms with E-state index in [-0.39, 0.29) is 5.41 Å². The molecule has 0 aliphatic carbocycles. The third kappa shape index (κ3) is 4.51. The number of aromatic amines is 1. The molecule has 0 atom stereocenters. The second-order valence-electron chi connectivity index (χ2n) is 7.36. The van der Waals surface area contributed by atoms with Crippen LogP contribution < -0.4 is 9.46 Å². The molecule has 0 fully saturated rings. The van der Waals surface area contributed by atoms with Crippen molar-refractivity contribution >= 4 is 32.8 Å². The lowest BCUT2D eigenvalue weighted by atomic mass is 9.85. The van der Waals surface area contributed by atoms with Crippen molar-refractivity contribution in [2.75, 3.05) is 26.2 Å². The highest BCUT2D eigenvalue weighted by Gasteiger charge is 2.23. The van der Waals surface area contributed by atoms with E-state index in [9.17, 15) is 8.42 Å². The topological polar surface area (TPSA) is 84.1 Å². The molecule has 150 valence electrons. The molecule has 0 saturated heterocycles. The van der Waals surface area contributed by atoms with Crippen molar-refractivity contribution in [1.82, 2.24) is 14.7 Å². The third-order valence-corrected chi connectivity index (χ3v) is 6.10. The van der Waals surface area contributed by atoms with Crippen LogP contribution in [0.15, 0.2) is 41.3 Å². The van der Waals surface area contributed by atoms with Crippen LogP contribution in [0.2, 0.25) is 0 Å². The Bertz CT molecular complexity index is 1110. The summed E-state index contributed by atoms with van der Waals surface area (Å²) in [6, 6.07) is 12.0. The summed E-state index contributed by atoms with van der Waals surface area (Å²) in [7, 11) is -1.59. The molecular formula is C20H25N3O3S2. The maximum atomic E-state index is 11.4. The fraction of sp³-hybridized carbons (Fsp3) is 0.350. The number of nitrogens with one attached hydrogen (secondary N) is 2. The number of H-pyrrole nitrogens is 1. The number of sulfonamides is 1.